The van der Waals surface area contributed by atoms with E-state index < -0.39 is 0 Å². The number of hydrogen-bond acceptors (Lipinski definition) is 3. The zero-order chi connectivity index (χ0) is 16.4. The third-order valence-electron chi connectivity index (χ3n) is 5.48. The van der Waals surface area contributed by atoms with Crippen LogP contribution < -0.4 is 0 Å². The average molecular weight is 315 g/mol. The number of carbonyl (C=O) groups is 2. The van der Waals surface area contributed by atoms with Gasteiger partial charge in [-0.05, 0) is 51.2 Å². The molecule has 5 nitrogen and oxygen atoms in total. The predicted molar refractivity (Wildman–Crippen MR) is 88.0 cm³/mol. The zero-order valence-corrected chi connectivity index (χ0v) is 14.0. The highest BCUT2D eigenvalue weighted by atomic mass is 16.2. The van der Waals surface area contributed by atoms with Crippen molar-refractivity contribution >= 4 is 11.8 Å². The quantitative estimate of drug-likeness (QED) is 0.841. The van der Waals surface area contributed by atoms with Gasteiger partial charge < -0.3 is 9.80 Å². The van der Waals surface area contributed by atoms with Gasteiger partial charge in [0, 0.05) is 38.6 Å². The Morgan fingerprint density at radius 1 is 1.26 bits per heavy atom. The van der Waals surface area contributed by atoms with Crippen molar-refractivity contribution < 1.29 is 9.59 Å². The minimum absolute atomic E-state index is 0.0467. The summed E-state index contributed by atoms with van der Waals surface area (Å²) in [6, 6.07) is 1.87. The Morgan fingerprint density at radius 3 is 2.74 bits per heavy atom. The third-order valence-corrected chi connectivity index (χ3v) is 5.48. The lowest BCUT2D eigenvalue weighted by Gasteiger charge is -2.26. The first-order chi connectivity index (χ1) is 11.1. The first kappa shape index (κ1) is 16.0. The number of carbonyl (C=O) groups excluding carboxylic acids is 2. The number of pyridine rings is 1. The lowest BCUT2D eigenvalue weighted by atomic mass is 9.79. The Hall–Kier alpha value is -1.91. The summed E-state index contributed by atoms with van der Waals surface area (Å²) in [5, 5.41) is 0. The van der Waals surface area contributed by atoms with Crippen LogP contribution in [-0.2, 0) is 4.79 Å². The molecule has 5 heteroatoms. The van der Waals surface area contributed by atoms with E-state index in [-0.39, 0.29) is 11.3 Å². The summed E-state index contributed by atoms with van der Waals surface area (Å²) in [7, 11) is 0. The van der Waals surface area contributed by atoms with Gasteiger partial charge in [0.25, 0.3) is 5.91 Å². The maximum atomic E-state index is 12.8. The number of aromatic nitrogens is 1. The molecular formula is C18H25N3O2. The molecule has 124 valence electrons. The molecule has 0 saturated carbocycles. The molecule has 0 unspecified atom stereocenters. The van der Waals surface area contributed by atoms with Crippen molar-refractivity contribution in [2.75, 3.05) is 26.2 Å². The fraction of sp³-hybridized carbons (Fsp3) is 0.611. The van der Waals surface area contributed by atoms with Crippen LogP contribution in [-0.4, -0.2) is 52.8 Å². The molecular weight excluding hydrogens is 290 g/mol. The third kappa shape index (κ3) is 2.84. The van der Waals surface area contributed by atoms with Crippen LogP contribution in [0.1, 0.15) is 48.5 Å². The first-order valence-corrected chi connectivity index (χ1v) is 8.57. The summed E-state index contributed by atoms with van der Waals surface area (Å²) in [5.74, 6) is 0.345. The van der Waals surface area contributed by atoms with Crippen molar-refractivity contribution in [2.24, 2.45) is 5.41 Å². The van der Waals surface area contributed by atoms with Crippen molar-refractivity contribution in [2.45, 2.75) is 39.5 Å². The van der Waals surface area contributed by atoms with E-state index in [4.69, 9.17) is 0 Å². The second-order valence-electron chi connectivity index (χ2n) is 6.75. The number of nitrogens with zero attached hydrogens (tertiary/aromatic N) is 3. The second kappa shape index (κ2) is 6.30. The van der Waals surface area contributed by atoms with Crippen LogP contribution in [0, 0.1) is 12.3 Å². The maximum Gasteiger partial charge on any atom is 0.255 e. The van der Waals surface area contributed by atoms with Crippen LogP contribution in [0.5, 0.6) is 0 Å². The SMILES string of the molecule is CCN1CC[C@]2(CCCN(C(=O)c3cnccc3C)CC2)C1=O. The molecule has 1 atom stereocenters. The van der Waals surface area contributed by atoms with Gasteiger partial charge in [-0.25, -0.2) is 0 Å². The van der Waals surface area contributed by atoms with Crippen LogP contribution >= 0.6 is 0 Å². The van der Waals surface area contributed by atoms with Gasteiger partial charge in [-0.2, -0.15) is 0 Å². The maximum absolute atomic E-state index is 12.8. The van der Waals surface area contributed by atoms with Crippen LogP contribution in [0.3, 0.4) is 0 Å². The van der Waals surface area contributed by atoms with Gasteiger partial charge in [0.2, 0.25) is 5.91 Å². The minimum Gasteiger partial charge on any atom is -0.342 e. The molecule has 1 aromatic heterocycles. The van der Waals surface area contributed by atoms with Crippen molar-refractivity contribution in [3.8, 4) is 0 Å². The minimum atomic E-state index is -0.227. The normalized spacial score (nSPS) is 25.0. The lowest BCUT2D eigenvalue weighted by Crippen LogP contribution is -2.36. The molecule has 2 amide bonds. The van der Waals surface area contributed by atoms with Gasteiger partial charge in [0.1, 0.15) is 0 Å². The monoisotopic (exact) mass is 315 g/mol. The van der Waals surface area contributed by atoms with Crippen molar-refractivity contribution in [3.63, 3.8) is 0 Å². The molecule has 2 saturated heterocycles. The fourth-order valence-corrected chi connectivity index (χ4v) is 3.91. The van der Waals surface area contributed by atoms with E-state index in [0.717, 1.165) is 50.9 Å². The Labute approximate surface area is 137 Å². The van der Waals surface area contributed by atoms with Crippen molar-refractivity contribution in [3.05, 3.63) is 29.6 Å². The molecule has 3 heterocycles. The summed E-state index contributed by atoms with van der Waals surface area (Å²) < 4.78 is 0. The number of rotatable bonds is 2. The van der Waals surface area contributed by atoms with Gasteiger partial charge in [0.05, 0.1) is 11.0 Å². The fourth-order valence-electron chi connectivity index (χ4n) is 3.91. The highest BCUT2D eigenvalue weighted by molar-refractivity contribution is 5.95. The zero-order valence-electron chi connectivity index (χ0n) is 14.0. The number of hydrogen-bond donors (Lipinski definition) is 0. The molecule has 3 rings (SSSR count). The molecule has 0 aliphatic carbocycles. The summed E-state index contributed by atoms with van der Waals surface area (Å²) in [4.78, 5) is 33.4. The molecule has 2 fully saturated rings. The van der Waals surface area contributed by atoms with Gasteiger partial charge in [-0.3, -0.25) is 14.6 Å². The van der Waals surface area contributed by atoms with Gasteiger partial charge in [-0.15, -0.1) is 0 Å². The number of aryl methyl sites for hydroxylation is 1. The number of likely N-dealkylation sites (tertiary alicyclic amines) is 2. The van der Waals surface area contributed by atoms with Crippen LogP contribution in [0.4, 0.5) is 0 Å². The molecule has 1 aromatic rings. The average Bonchev–Trinajstić information content (AvgIpc) is 2.73. The van der Waals surface area contributed by atoms with E-state index >= 15 is 0 Å². The Morgan fingerprint density at radius 2 is 2.04 bits per heavy atom. The van der Waals surface area contributed by atoms with E-state index in [1.54, 1.807) is 12.4 Å². The first-order valence-electron chi connectivity index (χ1n) is 8.57. The molecule has 0 aromatic carbocycles. The molecule has 2 aliphatic rings. The van der Waals surface area contributed by atoms with E-state index in [1.165, 1.54) is 0 Å². The lowest BCUT2D eigenvalue weighted by molar-refractivity contribution is -0.136. The van der Waals surface area contributed by atoms with Crippen LogP contribution in [0.15, 0.2) is 18.5 Å². The van der Waals surface area contributed by atoms with Crippen LogP contribution in [0.25, 0.3) is 0 Å². The molecule has 2 aliphatic heterocycles. The van der Waals surface area contributed by atoms with Gasteiger partial charge in [0.15, 0.2) is 0 Å². The van der Waals surface area contributed by atoms with Crippen molar-refractivity contribution in [1.82, 2.24) is 14.8 Å². The highest BCUT2D eigenvalue weighted by Gasteiger charge is 2.46. The summed E-state index contributed by atoms with van der Waals surface area (Å²) >= 11 is 0. The van der Waals surface area contributed by atoms with E-state index in [9.17, 15) is 9.59 Å². The van der Waals surface area contributed by atoms with E-state index in [2.05, 4.69) is 4.98 Å². The second-order valence-corrected chi connectivity index (χ2v) is 6.75. The summed E-state index contributed by atoms with van der Waals surface area (Å²) in [6.45, 7) is 7.02. The predicted octanol–water partition coefficient (Wildman–Crippen LogP) is 2.25. The van der Waals surface area contributed by atoms with Gasteiger partial charge >= 0.3 is 0 Å². The topological polar surface area (TPSA) is 53.5 Å². The van der Waals surface area contributed by atoms with E-state index in [1.807, 2.05) is 29.7 Å². The molecule has 0 radical (unpaired) electrons. The number of amides is 2. The smallest absolute Gasteiger partial charge is 0.255 e. The molecule has 23 heavy (non-hydrogen) atoms. The van der Waals surface area contributed by atoms with Gasteiger partial charge in [-0.1, -0.05) is 0 Å². The van der Waals surface area contributed by atoms with E-state index in [0.29, 0.717) is 18.0 Å². The van der Waals surface area contributed by atoms with Crippen LogP contribution in [0.2, 0.25) is 0 Å². The summed E-state index contributed by atoms with van der Waals surface area (Å²) in [6.07, 6.45) is 6.88. The highest BCUT2D eigenvalue weighted by Crippen LogP contribution is 2.41. The summed E-state index contributed by atoms with van der Waals surface area (Å²) in [5.41, 5.74) is 1.41. The standard InChI is InChI=1S/C18H25N3O2/c1-3-20-11-7-18(17(20)23)6-4-10-21(12-8-18)16(22)15-13-19-9-5-14(15)2/h5,9,13H,3-4,6-8,10-12H2,1-2H3/t18-/m0/s1. The molecule has 1 spiro atoms. The molecule has 0 bridgehead atoms. The Balaban J connectivity index is 1.73. The Bertz CT molecular complexity index is 616. The largest absolute Gasteiger partial charge is 0.342 e. The van der Waals surface area contributed by atoms with Crippen molar-refractivity contribution in [1.29, 1.82) is 0 Å². The molecule has 0 N–H and O–H groups in total. The Kier molecular flexibility index (Phi) is 4.37.